The van der Waals surface area contributed by atoms with E-state index in [0.717, 1.165) is 13.2 Å². The van der Waals surface area contributed by atoms with Gasteiger partial charge in [0.2, 0.25) is 0 Å². The first-order valence-corrected chi connectivity index (χ1v) is 5.44. The lowest BCUT2D eigenvalue weighted by atomic mass is 10.1. The molecule has 0 saturated heterocycles. The van der Waals surface area contributed by atoms with Gasteiger partial charge in [0.15, 0.2) is 0 Å². The van der Waals surface area contributed by atoms with Gasteiger partial charge in [-0.15, -0.1) is 0 Å². The Bertz CT molecular complexity index is 230. The van der Waals surface area contributed by atoms with E-state index in [4.69, 9.17) is 4.74 Å². The maximum absolute atomic E-state index is 5.63. The van der Waals surface area contributed by atoms with Crippen LogP contribution in [0.3, 0.4) is 0 Å². The molecular formula is C13H20O. The molecule has 1 rings (SSSR count). The molecule has 1 nitrogen and oxygen atoms in total. The SMILES string of the molecule is CCC[C@H](C)COCc1ccccc1. The van der Waals surface area contributed by atoms with Crippen molar-refractivity contribution in [1.29, 1.82) is 0 Å². The van der Waals surface area contributed by atoms with Crippen LogP contribution in [0.25, 0.3) is 0 Å². The van der Waals surface area contributed by atoms with E-state index >= 15 is 0 Å². The predicted octanol–water partition coefficient (Wildman–Crippen LogP) is 3.64. The molecule has 0 unspecified atom stereocenters. The van der Waals surface area contributed by atoms with Gasteiger partial charge in [0.25, 0.3) is 0 Å². The third-order valence-electron chi connectivity index (χ3n) is 2.30. The van der Waals surface area contributed by atoms with E-state index < -0.39 is 0 Å². The summed E-state index contributed by atoms with van der Waals surface area (Å²) in [5, 5.41) is 0. The van der Waals surface area contributed by atoms with E-state index in [1.165, 1.54) is 18.4 Å². The largest absolute Gasteiger partial charge is 0.376 e. The molecule has 0 aliphatic rings. The first kappa shape index (κ1) is 11.3. The molecule has 0 heterocycles. The Morgan fingerprint density at radius 1 is 1.21 bits per heavy atom. The quantitative estimate of drug-likeness (QED) is 0.668. The van der Waals surface area contributed by atoms with Gasteiger partial charge in [-0.2, -0.15) is 0 Å². The molecule has 0 spiro atoms. The molecule has 0 N–H and O–H groups in total. The molecule has 0 aliphatic carbocycles. The van der Waals surface area contributed by atoms with Crippen molar-refractivity contribution in [3.05, 3.63) is 35.9 Å². The van der Waals surface area contributed by atoms with Gasteiger partial charge in [-0.3, -0.25) is 0 Å². The van der Waals surface area contributed by atoms with Crippen molar-refractivity contribution in [3.63, 3.8) is 0 Å². The van der Waals surface area contributed by atoms with Crippen LogP contribution in [0.4, 0.5) is 0 Å². The van der Waals surface area contributed by atoms with Crippen LogP contribution in [0.2, 0.25) is 0 Å². The fourth-order valence-corrected chi connectivity index (χ4v) is 1.53. The zero-order valence-electron chi connectivity index (χ0n) is 9.20. The lowest BCUT2D eigenvalue weighted by molar-refractivity contribution is 0.0893. The lowest BCUT2D eigenvalue weighted by Gasteiger charge is -2.10. The predicted molar refractivity (Wildman–Crippen MR) is 60.2 cm³/mol. The standard InChI is InChI=1S/C13H20O/c1-3-7-12(2)10-14-11-13-8-5-4-6-9-13/h4-6,8-9,12H,3,7,10-11H2,1-2H3/t12-/m0/s1. The van der Waals surface area contributed by atoms with E-state index in [1.54, 1.807) is 0 Å². The third kappa shape index (κ3) is 4.43. The Kier molecular flexibility index (Phi) is 5.31. The van der Waals surface area contributed by atoms with E-state index in [1.807, 2.05) is 18.2 Å². The molecular weight excluding hydrogens is 172 g/mol. The number of ether oxygens (including phenoxy) is 1. The zero-order valence-corrected chi connectivity index (χ0v) is 9.20. The second-order valence-electron chi connectivity index (χ2n) is 3.89. The van der Waals surface area contributed by atoms with Crippen LogP contribution in [0, 0.1) is 5.92 Å². The number of rotatable bonds is 6. The number of hydrogen-bond donors (Lipinski definition) is 0. The van der Waals surface area contributed by atoms with E-state index in [2.05, 4.69) is 26.0 Å². The summed E-state index contributed by atoms with van der Waals surface area (Å²) in [4.78, 5) is 0. The highest BCUT2D eigenvalue weighted by atomic mass is 16.5. The van der Waals surface area contributed by atoms with Crippen LogP contribution in [-0.4, -0.2) is 6.61 Å². The van der Waals surface area contributed by atoms with Crippen LogP contribution < -0.4 is 0 Å². The van der Waals surface area contributed by atoms with Crippen LogP contribution in [-0.2, 0) is 11.3 Å². The Morgan fingerprint density at radius 2 is 1.93 bits per heavy atom. The summed E-state index contributed by atoms with van der Waals surface area (Å²) in [6.07, 6.45) is 2.50. The molecule has 1 heteroatoms. The van der Waals surface area contributed by atoms with Crippen LogP contribution in [0.15, 0.2) is 30.3 Å². The van der Waals surface area contributed by atoms with Crippen molar-refractivity contribution in [2.24, 2.45) is 5.92 Å². The lowest BCUT2D eigenvalue weighted by Crippen LogP contribution is -2.05. The number of hydrogen-bond acceptors (Lipinski definition) is 1. The highest BCUT2D eigenvalue weighted by molar-refractivity contribution is 5.13. The van der Waals surface area contributed by atoms with Crippen molar-refractivity contribution >= 4 is 0 Å². The van der Waals surface area contributed by atoms with Gasteiger partial charge in [0, 0.05) is 6.61 Å². The average molecular weight is 192 g/mol. The van der Waals surface area contributed by atoms with Crippen LogP contribution in [0.5, 0.6) is 0 Å². The van der Waals surface area contributed by atoms with E-state index in [-0.39, 0.29) is 0 Å². The molecule has 0 aromatic heterocycles. The normalized spacial score (nSPS) is 12.7. The Morgan fingerprint density at radius 3 is 2.57 bits per heavy atom. The molecule has 78 valence electrons. The summed E-state index contributed by atoms with van der Waals surface area (Å²) < 4.78 is 5.63. The molecule has 1 aromatic rings. The molecule has 0 aliphatic heterocycles. The first-order chi connectivity index (χ1) is 6.83. The van der Waals surface area contributed by atoms with Crippen LogP contribution in [0.1, 0.15) is 32.3 Å². The van der Waals surface area contributed by atoms with Gasteiger partial charge in [-0.25, -0.2) is 0 Å². The minimum Gasteiger partial charge on any atom is -0.376 e. The second kappa shape index (κ2) is 6.61. The van der Waals surface area contributed by atoms with E-state index in [0.29, 0.717) is 5.92 Å². The van der Waals surface area contributed by atoms with Gasteiger partial charge in [0.05, 0.1) is 6.61 Å². The van der Waals surface area contributed by atoms with Crippen molar-refractivity contribution in [1.82, 2.24) is 0 Å². The first-order valence-electron chi connectivity index (χ1n) is 5.44. The summed E-state index contributed by atoms with van der Waals surface area (Å²) in [5.41, 5.74) is 1.26. The molecule has 0 bridgehead atoms. The highest BCUT2D eigenvalue weighted by Gasteiger charge is 2.00. The minimum absolute atomic E-state index is 0.684. The summed E-state index contributed by atoms with van der Waals surface area (Å²) >= 11 is 0. The maximum atomic E-state index is 5.63. The molecule has 1 aromatic carbocycles. The van der Waals surface area contributed by atoms with Crippen molar-refractivity contribution in [3.8, 4) is 0 Å². The monoisotopic (exact) mass is 192 g/mol. The molecule has 14 heavy (non-hydrogen) atoms. The van der Waals surface area contributed by atoms with Crippen molar-refractivity contribution < 1.29 is 4.74 Å². The maximum Gasteiger partial charge on any atom is 0.0717 e. The van der Waals surface area contributed by atoms with Gasteiger partial charge in [-0.05, 0) is 17.9 Å². The van der Waals surface area contributed by atoms with Gasteiger partial charge in [0.1, 0.15) is 0 Å². The summed E-state index contributed by atoms with van der Waals surface area (Å²) in [5.74, 6) is 0.684. The molecule has 0 amide bonds. The number of benzene rings is 1. The average Bonchev–Trinajstić information content (AvgIpc) is 2.20. The smallest absolute Gasteiger partial charge is 0.0717 e. The molecule has 1 atom stereocenters. The second-order valence-corrected chi connectivity index (χ2v) is 3.89. The van der Waals surface area contributed by atoms with Crippen molar-refractivity contribution in [2.45, 2.75) is 33.3 Å². The van der Waals surface area contributed by atoms with Gasteiger partial charge >= 0.3 is 0 Å². The zero-order chi connectivity index (χ0) is 10.2. The minimum atomic E-state index is 0.684. The summed E-state index contributed by atoms with van der Waals surface area (Å²) in [7, 11) is 0. The Balaban J connectivity index is 2.16. The Hall–Kier alpha value is -0.820. The van der Waals surface area contributed by atoms with Crippen molar-refractivity contribution in [2.75, 3.05) is 6.61 Å². The van der Waals surface area contributed by atoms with E-state index in [9.17, 15) is 0 Å². The van der Waals surface area contributed by atoms with Gasteiger partial charge in [-0.1, -0.05) is 50.6 Å². The molecule has 0 fully saturated rings. The third-order valence-corrected chi connectivity index (χ3v) is 2.30. The fourth-order valence-electron chi connectivity index (χ4n) is 1.53. The van der Waals surface area contributed by atoms with Crippen LogP contribution >= 0.6 is 0 Å². The molecule has 0 saturated carbocycles. The fraction of sp³-hybridized carbons (Fsp3) is 0.538. The summed E-state index contributed by atoms with van der Waals surface area (Å²) in [6, 6.07) is 10.3. The molecule has 0 radical (unpaired) electrons. The highest BCUT2D eigenvalue weighted by Crippen LogP contribution is 2.07. The van der Waals surface area contributed by atoms with Gasteiger partial charge < -0.3 is 4.74 Å². The summed E-state index contributed by atoms with van der Waals surface area (Å²) in [6.45, 7) is 6.08. The Labute approximate surface area is 87.1 Å². The topological polar surface area (TPSA) is 9.23 Å².